The van der Waals surface area contributed by atoms with Gasteiger partial charge < -0.3 is 10.6 Å². The topological polar surface area (TPSA) is 55.0 Å². The molecule has 0 aliphatic rings. The van der Waals surface area contributed by atoms with Crippen molar-refractivity contribution in [2.75, 3.05) is 17.2 Å². The number of nitrogen functional groups attached to an aromatic ring is 1. The van der Waals surface area contributed by atoms with Crippen molar-refractivity contribution >= 4 is 27.6 Å². The minimum Gasteiger partial charge on any atom is -0.383 e. The number of halogens is 1. The zero-order valence-electron chi connectivity index (χ0n) is 11.7. The van der Waals surface area contributed by atoms with Gasteiger partial charge in [0.1, 0.15) is 22.4 Å². The summed E-state index contributed by atoms with van der Waals surface area (Å²) < 4.78 is 0.803. The van der Waals surface area contributed by atoms with Crippen LogP contribution in [0.5, 0.6) is 0 Å². The standard InChI is InChI=1S/C13H23BrN4/c1-5-10(6-2)18(7-9(3)4)13-11(14)12(15)16-8-17-13/h8-10H,5-7H2,1-4H3,(H2,15,16,17). The molecule has 0 aromatic carbocycles. The molecule has 0 saturated carbocycles. The number of aromatic nitrogens is 2. The Bertz CT molecular complexity index is 377. The average molecular weight is 315 g/mol. The highest BCUT2D eigenvalue weighted by molar-refractivity contribution is 9.10. The van der Waals surface area contributed by atoms with Crippen LogP contribution in [0, 0.1) is 5.92 Å². The first-order chi connectivity index (χ1) is 8.51. The predicted octanol–water partition coefficient (Wildman–Crippen LogP) is 3.47. The monoisotopic (exact) mass is 314 g/mol. The second-order valence-electron chi connectivity index (χ2n) is 4.91. The van der Waals surface area contributed by atoms with Gasteiger partial charge in [0.15, 0.2) is 0 Å². The van der Waals surface area contributed by atoms with Gasteiger partial charge in [-0.05, 0) is 34.7 Å². The van der Waals surface area contributed by atoms with Crippen molar-refractivity contribution in [3.63, 3.8) is 0 Å². The third-order valence-corrected chi connectivity index (χ3v) is 3.78. The van der Waals surface area contributed by atoms with Crippen LogP contribution in [0.3, 0.4) is 0 Å². The van der Waals surface area contributed by atoms with Gasteiger partial charge in [0.25, 0.3) is 0 Å². The summed E-state index contributed by atoms with van der Waals surface area (Å²) in [4.78, 5) is 10.7. The largest absolute Gasteiger partial charge is 0.383 e. The summed E-state index contributed by atoms with van der Waals surface area (Å²) in [7, 11) is 0. The van der Waals surface area contributed by atoms with Gasteiger partial charge in [-0.3, -0.25) is 0 Å². The van der Waals surface area contributed by atoms with Crippen LogP contribution in [-0.2, 0) is 0 Å². The Morgan fingerprint density at radius 1 is 1.28 bits per heavy atom. The van der Waals surface area contributed by atoms with E-state index in [1.807, 2.05) is 0 Å². The normalized spacial score (nSPS) is 11.3. The number of hydrogen-bond donors (Lipinski definition) is 1. The van der Waals surface area contributed by atoms with E-state index in [0.717, 1.165) is 29.7 Å². The van der Waals surface area contributed by atoms with Crippen molar-refractivity contribution < 1.29 is 0 Å². The summed E-state index contributed by atoms with van der Waals surface area (Å²) >= 11 is 3.51. The lowest BCUT2D eigenvalue weighted by Crippen LogP contribution is -2.38. The second kappa shape index (κ2) is 6.92. The predicted molar refractivity (Wildman–Crippen MR) is 80.7 cm³/mol. The van der Waals surface area contributed by atoms with Gasteiger partial charge in [0, 0.05) is 12.6 Å². The highest BCUT2D eigenvalue weighted by Gasteiger charge is 2.21. The third-order valence-electron chi connectivity index (χ3n) is 3.02. The zero-order valence-corrected chi connectivity index (χ0v) is 13.2. The van der Waals surface area contributed by atoms with Gasteiger partial charge in [0.05, 0.1) is 0 Å². The molecule has 0 spiro atoms. The molecule has 0 atom stereocenters. The van der Waals surface area contributed by atoms with Crippen molar-refractivity contribution in [1.29, 1.82) is 0 Å². The average Bonchev–Trinajstić information content (AvgIpc) is 2.32. The van der Waals surface area contributed by atoms with E-state index in [-0.39, 0.29) is 0 Å². The highest BCUT2D eigenvalue weighted by atomic mass is 79.9. The maximum absolute atomic E-state index is 5.85. The SMILES string of the molecule is CCC(CC)N(CC(C)C)c1ncnc(N)c1Br. The summed E-state index contributed by atoms with van der Waals surface area (Å²) in [5, 5.41) is 0. The Labute approximate surface area is 118 Å². The molecule has 1 aromatic rings. The van der Waals surface area contributed by atoms with Crippen molar-refractivity contribution in [2.24, 2.45) is 5.92 Å². The van der Waals surface area contributed by atoms with Gasteiger partial charge in [-0.1, -0.05) is 27.7 Å². The molecule has 18 heavy (non-hydrogen) atoms. The molecule has 0 amide bonds. The Kier molecular flexibility index (Phi) is 5.85. The Morgan fingerprint density at radius 2 is 1.89 bits per heavy atom. The molecule has 102 valence electrons. The molecule has 0 bridgehead atoms. The van der Waals surface area contributed by atoms with Gasteiger partial charge >= 0.3 is 0 Å². The van der Waals surface area contributed by atoms with Crippen molar-refractivity contribution in [3.8, 4) is 0 Å². The minimum atomic E-state index is 0.484. The van der Waals surface area contributed by atoms with Crippen LogP contribution in [0.2, 0.25) is 0 Å². The molecule has 5 heteroatoms. The summed E-state index contributed by atoms with van der Waals surface area (Å²) in [6.45, 7) is 9.82. The fraction of sp³-hybridized carbons (Fsp3) is 0.692. The molecular formula is C13H23BrN4. The molecule has 2 N–H and O–H groups in total. The summed E-state index contributed by atoms with van der Waals surface area (Å²) in [5.74, 6) is 1.98. The minimum absolute atomic E-state index is 0.484. The number of hydrogen-bond acceptors (Lipinski definition) is 4. The van der Waals surface area contributed by atoms with Crippen molar-refractivity contribution in [3.05, 3.63) is 10.8 Å². The van der Waals surface area contributed by atoms with E-state index in [1.54, 1.807) is 0 Å². The lowest BCUT2D eigenvalue weighted by Gasteiger charge is -2.33. The lowest BCUT2D eigenvalue weighted by atomic mass is 10.1. The van der Waals surface area contributed by atoms with Crippen LogP contribution in [0.15, 0.2) is 10.8 Å². The van der Waals surface area contributed by atoms with Crippen LogP contribution in [0.25, 0.3) is 0 Å². The van der Waals surface area contributed by atoms with Gasteiger partial charge in [-0.2, -0.15) is 0 Å². The van der Waals surface area contributed by atoms with E-state index in [0.29, 0.717) is 17.8 Å². The zero-order chi connectivity index (χ0) is 13.7. The molecule has 0 unspecified atom stereocenters. The first-order valence-electron chi connectivity index (χ1n) is 6.53. The van der Waals surface area contributed by atoms with Crippen LogP contribution < -0.4 is 10.6 Å². The first kappa shape index (κ1) is 15.2. The Morgan fingerprint density at radius 3 is 2.39 bits per heavy atom. The molecule has 0 aliphatic heterocycles. The molecule has 1 heterocycles. The third kappa shape index (κ3) is 3.57. The summed E-state index contributed by atoms with van der Waals surface area (Å²) in [6, 6.07) is 0.484. The van der Waals surface area contributed by atoms with E-state index in [1.165, 1.54) is 6.33 Å². The van der Waals surface area contributed by atoms with Crippen LogP contribution >= 0.6 is 15.9 Å². The van der Waals surface area contributed by atoms with Gasteiger partial charge in [-0.25, -0.2) is 9.97 Å². The molecule has 0 saturated heterocycles. The molecule has 0 radical (unpaired) electrons. The van der Waals surface area contributed by atoms with Gasteiger partial charge in [0.2, 0.25) is 0 Å². The molecule has 0 aliphatic carbocycles. The summed E-state index contributed by atoms with van der Waals surface area (Å²) in [5.41, 5.74) is 5.85. The Hall–Kier alpha value is -0.840. The highest BCUT2D eigenvalue weighted by Crippen LogP contribution is 2.30. The van der Waals surface area contributed by atoms with Gasteiger partial charge in [-0.15, -0.1) is 0 Å². The maximum Gasteiger partial charge on any atom is 0.148 e. The van der Waals surface area contributed by atoms with E-state index < -0.39 is 0 Å². The summed E-state index contributed by atoms with van der Waals surface area (Å²) in [6.07, 6.45) is 3.73. The number of rotatable bonds is 6. The van der Waals surface area contributed by atoms with Crippen LogP contribution in [-0.4, -0.2) is 22.6 Å². The van der Waals surface area contributed by atoms with E-state index in [4.69, 9.17) is 5.73 Å². The number of nitrogens with two attached hydrogens (primary N) is 1. The lowest BCUT2D eigenvalue weighted by molar-refractivity contribution is 0.502. The molecule has 1 aromatic heterocycles. The Balaban J connectivity index is 3.12. The maximum atomic E-state index is 5.85. The van der Waals surface area contributed by atoms with Crippen molar-refractivity contribution in [1.82, 2.24) is 9.97 Å². The molecule has 4 nitrogen and oxygen atoms in total. The van der Waals surface area contributed by atoms with E-state index in [2.05, 4.69) is 58.5 Å². The number of nitrogens with zero attached hydrogens (tertiary/aromatic N) is 3. The first-order valence-corrected chi connectivity index (χ1v) is 7.33. The van der Waals surface area contributed by atoms with E-state index in [9.17, 15) is 0 Å². The second-order valence-corrected chi connectivity index (χ2v) is 5.71. The van der Waals surface area contributed by atoms with Crippen LogP contribution in [0.1, 0.15) is 40.5 Å². The fourth-order valence-electron chi connectivity index (χ4n) is 2.11. The molecule has 0 fully saturated rings. The van der Waals surface area contributed by atoms with E-state index >= 15 is 0 Å². The quantitative estimate of drug-likeness (QED) is 0.873. The molecular weight excluding hydrogens is 292 g/mol. The van der Waals surface area contributed by atoms with Crippen molar-refractivity contribution in [2.45, 2.75) is 46.6 Å². The molecule has 1 rings (SSSR count). The fourth-order valence-corrected chi connectivity index (χ4v) is 2.54. The van der Waals surface area contributed by atoms with Crippen LogP contribution in [0.4, 0.5) is 11.6 Å². The number of anilines is 2. The smallest absolute Gasteiger partial charge is 0.148 e.